The van der Waals surface area contributed by atoms with Crippen molar-refractivity contribution < 1.29 is 0 Å². The molecule has 2 rings (SSSR count). The predicted molar refractivity (Wildman–Crippen MR) is 79.7 cm³/mol. The minimum absolute atomic E-state index is 0.338. The molecule has 0 aliphatic heterocycles. The first-order chi connectivity index (χ1) is 9.22. The van der Waals surface area contributed by atoms with Crippen molar-refractivity contribution in [1.82, 2.24) is 19.7 Å². The molecule has 0 aromatic carbocycles. The summed E-state index contributed by atoms with van der Waals surface area (Å²) in [5.74, 6) is 0.907. The molecule has 0 saturated heterocycles. The summed E-state index contributed by atoms with van der Waals surface area (Å²) in [7, 11) is 0. The molecule has 0 fully saturated rings. The van der Waals surface area contributed by atoms with E-state index >= 15 is 0 Å². The number of aryl methyl sites for hydroxylation is 1. The first-order valence-corrected chi connectivity index (χ1v) is 8.01. The number of rotatable bonds is 6. The van der Waals surface area contributed by atoms with Crippen LogP contribution in [-0.2, 0) is 6.42 Å². The van der Waals surface area contributed by atoms with Crippen molar-refractivity contribution in [3.05, 3.63) is 29.7 Å². The highest BCUT2D eigenvalue weighted by molar-refractivity contribution is 8.00. The zero-order valence-electron chi connectivity index (χ0n) is 11.4. The summed E-state index contributed by atoms with van der Waals surface area (Å²) in [5.41, 5.74) is 1.21. The Kier molecular flexibility index (Phi) is 5.30. The summed E-state index contributed by atoms with van der Waals surface area (Å²) < 4.78 is 5.23. The maximum absolute atomic E-state index is 4.47. The molecule has 0 aliphatic rings. The molecule has 0 amide bonds. The second kappa shape index (κ2) is 6.98. The monoisotopic (exact) mass is 294 g/mol. The highest BCUT2D eigenvalue weighted by Crippen LogP contribution is 2.28. The van der Waals surface area contributed by atoms with Crippen LogP contribution in [0.2, 0.25) is 0 Å². The molecule has 2 heterocycles. The van der Waals surface area contributed by atoms with E-state index in [4.69, 9.17) is 0 Å². The summed E-state index contributed by atoms with van der Waals surface area (Å²) in [5, 5.41) is 4.34. The average Bonchev–Trinajstić information content (AvgIpc) is 2.87. The number of hydrogen-bond donors (Lipinski definition) is 1. The Balaban J connectivity index is 2.02. The van der Waals surface area contributed by atoms with E-state index in [1.165, 1.54) is 17.1 Å². The van der Waals surface area contributed by atoms with Crippen molar-refractivity contribution in [3.63, 3.8) is 0 Å². The molecule has 1 N–H and O–H groups in total. The fourth-order valence-electron chi connectivity index (χ4n) is 1.64. The molecule has 0 saturated carbocycles. The van der Waals surface area contributed by atoms with Gasteiger partial charge in [0.1, 0.15) is 10.9 Å². The van der Waals surface area contributed by atoms with Gasteiger partial charge in [0.25, 0.3) is 0 Å². The van der Waals surface area contributed by atoms with Gasteiger partial charge in [-0.2, -0.15) is 4.37 Å². The van der Waals surface area contributed by atoms with Crippen molar-refractivity contribution in [3.8, 4) is 0 Å². The second-order valence-corrected chi connectivity index (χ2v) is 6.16. The quantitative estimate of drug-likeness (QED) is 0.885. The molecule has 0 radical (unpaired) electrons. The Bertz CT molecular complexity index is 510. The zero-order valence-corrected chi connectivity index (χ0v) is 13.0. The van der Waals surface area contributed by atoms with Crippen LogP contribution in [0.3, 0.4) is 0 Å². The third-order valence-corrected chi connectivity index (χ3v) is 4.47. The number of pyridine rings is 1. The molecule has 0 aliphatic carbocycles. The van der Waals surface area contributed by atoms with E-state index in [1.807, 2.05) is 12.3 Å². The van der Waals surface area contributed by atoms with Gasteiger partial charge in [-0.15, -0.1) is 0 Å². The third-order valence-electron chi connectivity index (χ3n) is 2.73. The Hall–Kier alpha value is -0.980. The topological polar surface area (TPSA) is 50.7 Å². The lowest BCUT2D eigenvalue weighted by molar-refractivity contribution is 0.595. The molecule has 0 bridgehead atoms. The van der Waals surface area contributed by atoms with Gasteiger partial charge in [0.2, 0.25) is 0 Å². The molecule has 1 unspecified atom stereocenters. The van der Waals surface area contributed by atoms with Crippen LogP contribution in [0.5, 0.6) is 0 Å². The van der Waals surface area contributed by atoms with Crippen LogP contribution in [0, 0.1) is 0 Å². The van der Waals surface area contributed by atoms with Crippen molar-refractivity contribution >= 4 is 23.3 Å². The Morgan fingerprint density at radius 3 is 2.79 bits per heavy atom. The SMILES string of the molecule is CCNC(C)c1ccc(Sc2nc(CC)ns2)nc1. The average molecular weight is 294 g/mol. The van der Waals surface area contributed by atoms with Gasteiger partial charge in [-0.05, 0) is 48.4 Å². The van der Waals surface area contributed by atoms with E-state index in [0.717, 1.165) is 28.2 Å². The van der Waals surface area contributed by atoms with Crippen molar-refractivity contribution in [2.45, 2.75) is 42.6 Å². The van der Waals surface area contributed by atoms with E-state index < -0.39 is 0 Å². The molecular formula is C13H18N4S2. The molecule has 6 heteroatoms. The van der Waals surface area contributed by atoms with Crippen LogP contribution in [0.4, 0.5) is 0 Å². The summed E-state index contributed by atoms with van der Waals surface area (Å²) >= 11 is 3.01. The largest absolute Gasteiger partial charge is 0.310 e. The van der Waals surface area contributed by atoms with E-state index in [2.05, 4.69) is 46.5 Å². The fraction of sp³-hybridized carbons (Fsp3) is 0.462. The Morgan fingerprint density at radius 1 is 1.37 bits per heavy atom. The number of nitrogens with zero attached hydrogens (tertiary/aromatic N) is 3. The molecule has 102 valence electrons. The zero-order chi connectivity index (χ0) is 13.7. The maximum atomic E-state index is 4.47. The number of hydrogen-bond acceptors (Lipinski definition) is 6. The fourth-order valence-corrected chi connectivity index (χ4v) is 3.23. The minimum atomic E-state index is 0.338. The molecule has 0 spiro atoms. The van der Waals surface area contributed by atoms with Gasteiger partial charge < -0.3 is 5.32 Å². The highest BCUT2D eigenvalue weighted by atomic mass is 32.2. The van der Waals surface area contributed by atoms with Gasteiger partial charge in [0, 0.05) is 18.7 Å². The first kappa shape index (κ1) is 14.4. The van der Waals surface area contributed by atoms with Gasteiger partial charge in [-0.3, -0.25) is 0 Å². The van der Waals surface area contributed by atoms with Crippen LogP contribution in [0.15, 0.2) is 27.7 Å². The van der Waals surface area contributed by atoms with E-state index in [1.54, 1.807) is 11.8 Å². The summed E-state index contributed by atoms with van der Waals surface area (Å²) in [6, 6.07) is 4.50. The lowest BCUT2D eigenvalue weighted by atomic mass is 10.1. The predicted octanol–water partition coefficient (Wildman–Crippen LogP) is 3.32. The lowest BCUT2D eigenvalue weighted by Gasteiger charge is -2.12. The number of aromatic nitrogens is 3. The second-order valence-electron chi connectivity index (χ2n) is 4.14. The van der Waals surface area contributed by atoms with Gasteiger partial charge in [0.15, 0.2) is 4.34 Å². The van der Waals surface area contributed by atoms with Crippen LogP contribution >= 0.6 is 23.3 Å². The Labute approximate surface area is 122 Å². The molecule has 1 atom stereocenters. The molecule has 4 nitrogen and oxygen atoms in total. The highest BCUT2D eigenvalue weighted by Gasteiger charge is 2.07. The van der Waals surface area contributed by atoms with Gasteiger partial charge >= 0.3 is 0 Å². The van der Waals surface area contributed by atoms with Crippen molar-refractivity contribution in [2.24, 2.45) is 0 Å². The van der Waals surface area contributed by atoms with Crippen LogP contribution in [0.25, 0.3) is 0 Å². The molecular weight excluding hydrogens is 276 g/mol. The molecule has 19 heavy (non-hydrogen) atoms. The third kappa shape index (κ3) is 3.99. The lowest BCUT2D eigenvalue weighted by Crippen LogP contribution is -2.17. The first-order valence-electron chi connectivity index (χ1n) is 6.42. The molecule has 2 aromatic rings. The maximum Gasteiger partial charge on any atom is 0.176 e. The van der Waals surface area contributed by atoms with E-state index in [-0.39, 0.29) is 0 Å². The summed E-state index contributed by atoms with van der Waals surface area (Å²) in [4.78, 5) is 8.90. The molecule has 2 aromatic heterocycles. The van der Waals surface area contributed by atoms with Gasteiger partial charge in [-0.25, -0.2) is 9.97 Å². The van der Waals surface area contributed by atoms with Gasteiger partial charge in [0.05, 0.1) is 0 Å². The minimum Gasteiger partial charge on any atom is -0.310 e. The normalized spacial score (nSPS) is 12.6. The van der Waals surface area contributed by atoms with Crippen LogP contribution in [-0.4, -0.2) is 20.9 Å². The van der Waals surface area contributed by atoms with Crippen molar-refractivity contribution in [2.75, 3.05) is 6.54 Å². The van der Waals surface area contributed by atoms with E-state index in [9.17, 15) is 0 Å². The Morgan fingerprint density at radius 2 is 2.21 bits per heavy atom. The number of nitrogens with one attached hydrogen (secondary N) is 1. The van der Waals surface area contributed by atoms with E-state index in [0.29, 0.717) is 6.04 Å². The smallest absolute Gasteiger partial charge is 0.176 e. The van der Waals surface area contributed by atoms with Crippen LogP contribution < -0.4 is 5.32 Å². The van der Waals surface area contributed by atoms with Gasteiger partial charge in [-0.1, -0.05) is 19.9 Å². The summed E-state index contributed by atoms with van der Waals surface area (Å²) in [6.45, 7) is 7.27. The van der Waals surface area contributed by atoms with Crippen LogP contribution in [0.1, 0.15) is 38.2 Å². The van der Waals surface area contributed by atoms with Crippen molar-refractivity contribution in [1.29, 1.82) is 0 Å². The summed E-state index contributed by atoms with van der Waals surface area (Å²) in [6.07, 6.45) is 2.81. The standard InChI is InChI=1S/C13H18N4S2/c1-4-11-16-13(19-17-11)18-12-7-6-10(8-15-12)9(3)14-5-2/h6-9,14H,4-5H2,1-3H3.